The number of aromatic amines is 1. The summed E-state index contributed by atoms with van der Waals surface area (Å²) in [6.07, 6.45) is 1.65. The van der Waals surface area contributed by atoms with Crippen molar-refractivity contribution < 1.29 is 18.7 Å². The monoisotopic (exact) mass is 525 g/mol. The minimum absolute atomic E-state index is 0.0374. The molecule has 2 aromatic heterocycles. The van der Waals surface area contributed by atoms with E-state index in [0.717, 1.165) is 4.26 Å². The molecule has 3 heterocycles. The third kappa shape index (κ3) is 3.83. The molecule has 0 unspecified atom stereocenters. The molecule has 2 aromatic carbocycles. The van der Waals surface area contributed by atoms with E-state index >= 15 is 0 Å². The molecule has 1 amide bonds. The number of rotatable bonds is 5. The van der Waals surface area contributed by atoms with Crippen molar-refractivity contribution in [3.05, 3.63) is 86.7 Å². The topological polar surface area (TPSA) is 93.2 Å². The summed E-state index contributed by atoms with van der Waals surface area (Å²) in [5.41, 5.74) is 3.61. The first-order valence-corrected chi connectivity index (χ1v) is 12.2. The van der Waals surface area contributed by atoms with Crippen LogP contribution in [0.1, 0.15) is 32.9 Å². The van der Waals surface area contributed by atoms with Gasteiger partial charge < -0.3 is 0 Å². The van der Waals surface area contributed by atoms with Gasteiger partial charge >= 0.3 is 178 Å². The zero-order chi connectivity index (χ0) is 24.0. The summed E-state index contributed by atoms with van der Waals surface area (Å²) in [7, 11) is 0. The summed E-state index contributed by atoms with van der Waals surface area (Å²) in [6, 6.07) is 11.6. The van der Waals surface area contributed by atoms with Crippen LogP contribution in [0.2, 0.25) is 0 Å². The number of anilines is 1. The molecule has 2 N–H and O–H groups in total. The van der Waals surface area contributed by atoms with Gasteiger partial charge in [0.1, 0.15) is 5.82 Å². The molecule has 0 saturated carbocycles. The van der Waals surface area contributed by atoms with Gasteiger partial charge in [0.05, 0.1) is 0 Å². The Morgan fingerprint density at radius 2 is 1.97 bits per heavy atom. The number of carbonyl (C=O) groups excluding carboxylic acids is 2. The van der Waals surface area contributed by atoms with E-state index in [1.807, 2.05) is 24.3 Å². The molecule has 0 radical (unpaired) electrons. The first kappa shape index (κ1) is 22.1. The molecule has 0 atom stereocenters. The molecule has 4 aromatic rings. The van der Waals surface area contributed by atoms with E-state index in [-0.39, 0.29) is 32.8 Å². The average Bonchev–Trinajstić information content (AvgIpc) is 3.39. The third-order valence-electron chi connectivity index (χ3n) is 5.81. The van der Waals surface area contributed by atoms with E-state index in [2.05, 4.69) is 10.3 Å². The zero-order valence-corrected chi connectivity index (χ0v) is 20.1. The van der Waals surface area contributed by atoms with Crippen molar-refractivity contribution in [3.8, 4) is 0 Å². The number of benzene rings is 2. The Kier molecular flexibility index (Phi) is 5.59. The molecule has 7 nitrogen and oxygen atoms in total. The Bertz CT molecular complexity index is 1560. The van der Waals surface area contributed by atoms with Crippen molar-refractivity contribution in [2.75, 3.05) is 11.9 Å². The third-order valence-corrected chi connectivity index (χ3v) is 8.17. The fourth-order valence-electron chi connectivity index (χ4n) is 4.14. The van der Waals surface area contributed by atoms with E-state index < -0.39 is 11.8 Å². The Balaban J connectivity index is 1.34. The maximum atomic E-state index is 13.5. The van der Waals surface area contributed by atoms with Crippen LogP contribution in [0.15, 0.2) is 47.3 Å². The van der Waals surface area contributed by atoms with Crippen molar-refractivity contribution in [1.82, 2.24) is 8.55 Å². The molecule has 0 bridgehead atoms. The second-order valence-corrected chi connectivity index (χ2v) is 10.2. The molecule has 1 aliphatic rings. The van der Waals surface area contributed by atoms with Gasteiger partial charge in [0.2, 0.25) is 0 Å². The van der Waals surface area contributed by atoms with E-state index in [1.54, 1.807) is 29.6 Å². The fraction of sp³-hybridized carbons (Fsp3) is 0.160. The predicted molar refractivity (Wildman–Crippen MR) is 129 cm³/mol. The Labute approximate surface area is 199 Å². The molecular formula is C25H20FN3O4Se. The van der Waals surface area contributed by atoms with Gasteiger partial charge in [0, 0.05) is 0 Å². The Hall–Kier alpha value is -3.68. The van der Waals surface area contributed by atoms with Crippen LogP contribution in [0.4, 0.5) is 10.1 Å². The molecule has 0 fully saturated rings. The number of esters is 1. The van der Waals surface area contributed by atoms with Crippen LogP contribution in [0.5, 0.6) is 0 Å². The van der Waals surface area contributed by atoms with Crippen molar-refractivity contribution in [2.24, 2.45) is 0 Å². The second kappa shape index (κ2) is 8.59. The van der Waals surface area contributed by atoms with Crippen LogP contribution in [-0.2, 0) is 16.1 Å². The maximum absolute atomic E-state index is 13.5. The molecule has 0 aliphatic carbocycles. The number of hydrogen-bond acceptors (Lipinski definition) is 4. The first-order valence-electron chi connectivity index (χ1n) is 10.6. The number of fused-ring (bicyclic) bond motifs is 2. The van der Waals surface area contributed by atoms with Crippen molar-refractivity contribution >= 4 is 53.6 Å². The van der Waals surface area contributed by atoms with E-state index in [4.69, 9.17) is 4.74 Å². The van der Waals surface area contributed by atoms with Crippen molar-refractivity contribution in [1.29, 1.82) is 0 Å². The van der Waals surface area contributed by atoms with Crippen LogP contribution in [0.3, 0.4) is 0 Å². The molecule has 1 aliphatic heterocycles. The number of hydrogen-bond donors (Lipinski definition) is 2. The molecular weight excluding hydrogens is 504 g/mol. The van der Waals surface area contributed by atoms with Crippen molar-refractivity contribution in [2.45, 2.75) is 20.4 Å². The summed E-state index contributed by atoms with van der Waals surface area (Å²) in [5.74, 6) is -1.27. The van der Waals surface area contributed by atoms with Crippen LogP contribution < -0.4 is 10.9 Å². The number of ether oxygens (including phenoxy) is 1. The molecule has 5 rings (SSSR count). The number of nitrogens with zero attached hydrogens (tertiary/aromatic N) is 1. The summed E-state index contributed by atoms with van der Waals surface area (Å²) in [6.45, 7) is 3.94. The number of aromatic nitrogens is 2. The molecule has 34 heavy (non-hydrogen) atoms. The Morgan fingerprint density at radius 1 is 1.18 bits per heavy atom. The van der Waals surface area contributed by atoms with Crippen LogP contribution >= 0.6 is 0 Å². The molecule has 172 valence electrons. The summed E-state index contributed by atoms with van der Waals surface area (Å²) in [5, 5.41) is 3.37. The summed E-state index contributed by atoms with van der Waals surface area (Å²) >= 11 is -0.125. The van der Waals surface area contributed by atoms with E-state index in [9.17, 15) is 18.8 Å². The quantitative estimate of drug-likeness (QED) is 0.238. The standard InChI is InChI=1S/C25H20FN3O4Se/c1-13-19(12-18-16-8-7-15(26)11-20(16)28-23(18)30)27-14(2)22(13)25(32)33-10-9-29-24(31)17-5-3-4-6-21(17)34-29/h3-8,11-12,27H,9-10H2,1-2H3,(H,28,30)/b18-12-. The normalized spacial score (nSPS) is 14.0. The number of amides is 1. The van der Waals surface area contributed by atoms with Gasteiger partial charge in [-0.15, -0.1) is 0 Å². The van der Waals surface area contributed by atoms with Gasteiger partial charge in [-0.2, -0.15) is 0 Å². The van der Waals surface area contributed by atoms with Crippen LogP contribution in [0, 0.1) is 19.7 Å². The van der Waals surface area contributed by atoms with E-state index in [0.29, 0.717) is 51.3 Å². The summed E-state index contributed by atoms with van der Waals surface area (Å²) < 4.78 is 21.7. The number of aryl methyl sites for hydroxylation is 1. The van der Waals surface area contributed by atoms with Gasteiger partial charge in [0.15, 0.2) is 0 Å². The van der Waals surface area contributed by atoms with Gasteiger partial charge in [-0.3, -0.25) is 0 Å². The first-order chi connectivity index (χ1) is 16.3. The van der Waals surface area contributed by atoms with Gasteiger partial charge in [0.25, 0.3) is 0 Å². The van der Waals surface area contributed by atoms with Gasteiger partial charge in [-0.1, -0.05) is 0 Å². The van der Waals surface area contributed by atoms with Crippen molar-refractivity contribution in [3.63, 3.8) is 0 Å². The zero-order valence-electron chi connectivity index (χ0n) is 18.4. The molecule has 0 saturated heterocycles. The number of nitrogens with one attached hydrogen (secondary N) is 2. The number of carbonyl (C=O) groups is 2. The average molecular weight is 524 g/mol. The van der Waals surface area contributed by atoms with Crippen LogP contribution in [0.25, 0.3) is 21.3 Å². The number of halogens is 1. The molecule has 9 heteroatoms. The predicted octanol–water partition coefficient (Wildman–Crippen LogP) is 3.49. The summed E-state index contributed by atoms with van der Waals surface area (Å²) in [4.78, 5) is 40.9. The van der Waals surface area contributed by atoms with Gasteiger partial charge in [-0.25, -0.2) is 4.39 Å². The Morgan fingerprint density at radius 3 is 2.76 bits per heavy atom. The second-order valence-electron chi connectivity index (χ2n) is 8.00. The minimum atomic E-state index is -0.495. The SMILES string of the molecule is Cc1[nH]c(/C=C2\C(=O)Nc3cc(F)ccc32)c(C)c1C(=O)OCCn1[se]c2ccccc2c1=O. The molecule has 0 spiro atoms. The fourth-order valence-corrected chi connectivity index (χ4v) is 6.19. The van der Waals surface area contributed by atoms with E-state index in [1.165, 1.54) is 12.1 Å². The van der Waals surface area contributed by atoms with Crippen LogP contribution in [-0.4, -0.2) is 41.8 Å². The van der Waals surface area contributed by atoms with Gasteiger partial charge in [-0.05, 0) is 12.1 Å². The number of H-pyrrole nitrogens is 1.